The Kier molecular flexibility index (Phi) is 2.73. The van der Waals surface area contributed by atoms with Crippen LogP contribution in [0.3, 0.4) is 0 Å². The Morgan fingerprint density at radius 3 is 2.54 bits per heavy atom. The van der Waals surface area contributed by atoms with Gasteiger partial charge in [-0.25, -0.2) is 0 Å². The normalized spacial score (nSPS) is 18.0. The minimum Gasteiger partial charge on any atom is -0.0576 e. The topological polar surface area (TPSA) is 0 Å². The summed E-state index contributed by atoms with van der Waals surface area (Å²) >= 11 is 3.54. The van der Waals surface area contributed by atoms with Gasteiger partial charge in [-0.3, -0.25) is 0 Å². The Morgan fingerprint density at radius 1 is 1.23 bits per heavy atom. The minimum atomic E-state index is 0.840. The largest absolute Gasteiger partial charge is 0.0576 e. The van der Waals surface area contributed by atoms with Gasteiger partial charge in [0.1, 0.15) is 0 Å². The van der Waals surface area contributed by atoms with Gasteiger partial charge < -0.3 is 0 Å². The molecule has 0 bridgehead atoms. The van der Waals surface area contributed by atoms with E-state index >= 15 is 0 Å². The van der Waals surface area contributed by atoms with Crippen molar-refractivity contribution in [3.8, 4) is 0 Å². The van der Waals surface area contributed by atoms with Gasteiger partial charge in [-0.2, -0.15) is 0 Å². The third-order valence-electron chi connectivity index (χ3n) is 3.01. The molecular weight excluding hydrogens is 224 g/mol. The van der Waals surface area contributed by atoms with Crippen LogP contribution in [0.2, 0.25) is 0 Å². The Bertz CT molecular complexity index is 298. The first-order valence-corrected chi connectivity index (χ1v) is 5.83. The highest BCUT2D eigenvalue weighted by atomic mass is 79.9. The molecule has 0 saturated heterocycles. The first-order chi connectivity index (χ1) is 6.27. The zero-order chi connectivity index (χ0) is 9.26. The molecule has 0 amide bonds. The van der Waals surface area contributed by atoms with E-state index in [4.69, 9.17) is 0 Å². The third-order valence-corrected chi connectivity index (χ3v) is 3.90. The van der Waals surface area contributed by atoms with Crippen LogP contribution in [0.15, 0.2) is 22.7 Å². The Morgan fingerprint density at radius 2 is 1.92 bits per heavy atom. The van der Waals surface area contributed by atoms with Crippen molar-refractivity contribution in [2.24, 2.45) is 0 Å². The van der Waals surface area contributed by atoms with E-state index in [9.17, 15) is 0 Å². The van der Waals surface area contributed by atoms with Crippen molar-refractivity contribution >= 4 is 15.9 Å². The molecule has 70 valence electrons. The van der Waals surface area contributed by atoms with E-state index < -0.39 is 0 Å². The number of hydrogen-bond donors (Lipinski definition) is 0. The molecule has 1 aliphatic rings. The second-order valence-electron chi connectivity index (χ2n) is 3.99. The maximum Gasteiger partial charge on any atom is 0.0204 e. The van der Waals surface area contributed by atoms with E-state index in [-0.39, 0.29) is 0 Å². The smallest absolute Gasteiger partial charge is 0.0204 e. The van der Waals surface area contributed by atoms with Gasteiger partial charge in [0.15, 0.2) is 0 Å². The Labute approximate surface area is 88.5 Å². The number of benzene rings is 1. The number of aryl methyl sites for hydroxylation is 1. The minimum absolute atomic E-state index is 0.840. The molecule has 0 radical (unpaired) electrons. The summed E-state index contributed by atoms with van der Waals surface area (Å²) in [6.45, 7) is 2.17. The van der Waals surface area contributed by atoms with Crippen molar-refractivity contribution in [1.82, 2.24) is 0 Å². The van der Waals surface area contributed by atoms with Gasteiger partial charge in [-0.15, -0.1) is 0 Å². The van der Waals surface area contributed by atoms with Crippen molar-refractivity contribution < 1.29 is 0 Å². The summed E-state index contributed by atoms with van der Waals surface area (Å²) in [7, 11) is 0. The predicted octanol–water partition coefficient (Wildman–Crippen LogP) is 4.42. The standard InChI is InChI=1S/C12H15Br/c1-9-8-11(6-7-12(9)13)10-4-2-3-5-10/h6-8,10H,2-5H2,1H3. The average molecular weight is 239 g/mol. The van der Waals surface area contributed by atoms with E-state index in [1.807, 2.05) is 0 Å². The lowest BCUT2D eigenvalue weighted by atomic mass is 9.96. The molecule has 13 heavy (non-hydrogen) atoms. The van der Waals surface area contributed by atoms with Crippen LogP contribution in [0, 0.1) is 6.92 Å². The fourth-order valence-electron chi connectivity index (χ4n) is 2.18. The van der Waals surface area contributed by atoms with Crippen LogP contribution in [0.1, 0.15) is 42.7 Å². The molecule has 1 fully saturated rings. The SMILES string of the molecule is Cc1cc(C2CCCC2)ccc1Br. The lowest BCUT2D eigenvalue weighted by molar-refractivity contribution is 0.722. The van der Waals surface area contributed by atoms with E-state index in [0.717, 1.165) is 5.92 Å². The van der Waals surface area contributed by atoms with Crippen LogP contribution >= 0.6 is 15.9 Å². The van der Waals surface area contributed by atoms with Crippen LogP contribution in [0.25, 0.3) is 0 Å². The molecular formula is C12H15Br. The molecule has 0 aromatic heterocycles. The molecule has 1 heteroatoms. The highest BCUT2D eigenvalue weighted by Gasteiger charge is 2.16. The molecule has 0 N–H and O–H groups in total. The lowest BCUT2D eigenvalue weighted by Gasteiger charge is -2.10. The van der Waals surface area contributed by atoms with Gasteiger partial charge in [0.2, 0.25) is 0 Å². The van der Waals surface area contributed by atoms with Gasteiger partial charge >= 0.3 is 0 Å². The average Bonchev–Trinajstić information content (AvgIpc) is 2.62. The van der Waals surface area contributed by atoms with Gasteiger partial charge in [-0.1, -0.05) is 40.9 Å². The summed E-state index contributed by atoms with van der Waals surface area (Å²) in [6, 6.07) is 6.79. The molecule has 0 aliphatic heterocycles. The van der Waals surface area contributed by atoms with Gasteiger partial charge in [0.25, 0.3) is 0 Å². The van der Waals surface area contributed by atoms with Crippen molar-refractivity contribution in [3.63, 3.8) is 0 Å². The second kappa shape index (κ2) is 3.83. The second-order valence-corrected chi connectivity index (χ2v) is 4.84. The van der Waals surface area contributed by atoms with Crippen molar-refractivity contribution in [2.75, 3.05) is 0 Å². The number of hydrogen-bond acceptors (Lipinski definition) is 0. The summed E-state index contributed by atoms with van der Waals surface area (Å²) in [6.07, 6.45) is 5.61. The Balaban J connectivity index is 2.25. The quantitative estimate of drug-likeness (QED) is 0.680. The van der Waals surface area contributed by atoms with Crippen LogP contribution < -0.4 is 0 Å². The van der Waals surface area contributed by atoms with Crippen LogP contribution in [0.5, 0.6) is 0 Å². The zero-order valence-electron chi connectivity index (χ0n) is 8.02. The van der Waals surface area contributed by atoms with Crippen molar-refractivity contribution in [1.29, 1.82) is 0 Å². The predicted molar refractivity (Wildman–Crippen MR) is 60.1 cm³/mol. The van der Waals surface area contributed by atoms with Crippen molar-refractivity contribution in [3.05, 3.63) is 33.8 Å². The molecule has 1 aromatic carbocycles. The number of halogens is 1. The monoisotopic (exact) mass is 238 g/mol. The van der Waals surface area contributed by atoms with Crippen molar-refractivity contribution in [2.45, 2.75) is 38.5 Å². The molecule has 1 saturated carbocycles. The fraction of sp³-hybridized carbons (Fsp3) is 0.500. The fourth-order valence-corrected chi connectivity index (χ4v) is 2.43. The van der Waals surface area contributed by atoms with Gasteiger partial charge in [0, 0.05) is 4.47 Å². The van der Waals surface area contributed by atoms with Crippen LogP contribution in [0.4, 0.5) is 0 Å². The van der Waals surface area contributed by atoms with E-state index in [1.165, 1.54) is 35.7 Å². The highest BCUT2D eigenvalue weighted by molar-refractivity contribution is 9.10. The Hall–Kier alpha value is -0.300. The van der Waals surface area contributed by atoms with Crippen LogP contribution in [-0.2, 0) is 0 Å². The maximum absolute atomic E-state index is 3.54. The molecule has 0 unspecified atom stereocenters. The maximum atomic E-state index is 3.54. The summed E-state index contributed by atoms with van der Waals surface area (Å²) in [4.78, 5) is 0. The number of rotatable bonds is 1. The molecule has 0 heterocycles. The van der Waals surface area contributed by atoms with E-state index in [1.54, 1.807) is 5.56 Å². The molecule has 0 spiro atoms. The van der Waals surface area contributed by atoms with E-state index in [2.05, 4.69) is 41.1 Å². The summed E-state index contributed by atoms with van der Waals surface area (Å²) in [5.41, 5.74) is 2.91. The molecule has 0 atom stereocenters. The summed E-state index contributed by atoms with van der Waals surface area (Å²) in [5.74, 6) is 0.840. The third kappa shape index (κ3) is 1.96. The first kappa shape index (κ1) is 9.26. The van der Waals surface area contributed by atoms with Gasteiger partial charge in [0.05, 0.1) is 0 Å². The zero-order valence-corrected chi connectivity index (χ0v) is 9.60. The molecule has 2 rings (SSSR count). The lowest BCUT2D eigenvalue weighted by Crippen LogP contribution is -1.92. The molecule has 1 aromatic rings. The molecule has 0 nitrogen and oxygen atoms in total. The highest BCUT2D eigenvalue weighted by Crippen LogP contribution is 2.35. The summed E-state index contributed by atoms with van der Waals surface area (Å²) in [5, 5.41) is 0. The molecule has 1 aliphatic carbocycles. The first-order valence-electron chi connectivity index (χ1n) is 5.03. The van der Waals surface area contributed by atoms with Crippen LogP contribution in [-0.4, -0.2) is 0 Å². The summed E-state index contributed by atoms with van der Waals surface area (Å²) < 4.78 is 1.23. The van der Waals surface area contributed by atoms with Gasteiger partial charge in [-0.05, 0) is 42.9 Å². The van der Waals surface area contributed by atoms with E-state index in [0.29, 0.717) is 0 Å².